The second kappa shape index (κ2) is 15.0. The summed E-state index contributed by atoms with van der Waals surface area (Å²) in [5, 5.41) is 0. The Morgan fingerprint density at radius 1 is 0.826 bits per heavy atom. The summed E-state index contributed by atoms with van der Waals surface area (Å²) in [7, 11) is 4.78. The third-order valence-corrected chi connectivity index (χ3v) is 4.37. The van der Waals surface area contributed by atoms with Crippen LogP contribution in [0.4, 0.5) is 0 Å². The standard InChI is InChI=1S/C19H38O4/c1-6-8-9-10-11-12-13-14-15-18(23-7-2)16-17-19(20-3,21-4)22-5/h7,18H,2,6,8-17H2,1,3-5H3. The first-order chi connectivity index (χ1) is 11.2. The minimum Gasteiger partial charge on any atom is -0.499 e. The summed E-state index contributed by atoms with van der Waals surface area (Å²) >= 11 is 0. The second-order valence-electron chi connectivity index (χ2n) is 6.02. The van der Waals surface area contributed by atoms with Crippen LogP contribution in [0.25, 0.3) is 0 Å². The minimum absolute atomic E-state index is 0.146. The van der Waals surface area contributed by atoms with Crippen LogP contribution in [0.1, 0.15) is 77.6 Å². The molecule has 23 heavy (non-hydrogen) atoms. The highest BCUT2D eigenvalue weighted by Gasteiger charge is 2.30. The zero-order chi connectivity index (χ0) is 17.4. The molecule has 0 aliphatic rings. The van der Waals surface area contributed by atoms with Crippen LogP contribution >= 0.6 is 0 Å². The third kappa shape index (κ3) is 10.7. The molecule has 0 aliphatic heterocycles. The lowest BCUT2D eigenvalue weighted by molar-refractivity contribution is -0.356. The van der Waals surface area contributed by atoms with E-state index in [1.807, 2.05) is 0 Å². The van der Waals surface area contributed by atoms with Gasteiger partial charge < -0.3 is 18.9 Å². The van der Waals surface area contributed by atoms with E-state index < -0.39 is 5.97 Å². The smallest absolute Gasteiger partial charge is 0.282 e. The molecule has 0 heterocycles. The second-order valence-corrected chi connectivity index (χ2v) is 6.02. The molecule has 1 atom stereocenters. The third-order valence-electron chi connectivity index (χ3n) is 4.37. The molecule has 0 spiro atoms. The SMILES string of the molecule is C=COC(CCCCCCCCCC)CCC(OC)(OC)OC. The van der Waals surface area contributed by atoms with Crippen molar-refractivity contribution in [3.63, 3.8) is 0 Å². The van der Waals surface area contributed by atoms with Crippen LogP contribution in [0.5, 0.6) is 0 Å². The number of ether oxygens (including phenoxy) is 4. The summed E-state index contributed by atoms with van der Waals surface area (Å²) < 4.78 is 21.6. The molecule has 0 aromatic heterocycles. The lowest BCUT2D eigenvalue weighted by Crippen LogP contribution is -2.37. The van der Waals surface area contributed by atoms with Crippen LogP contribution < -0.4 is 0 Å². The van der Waals surface area contributed by atoms with Gasteiger partial charge in [0.05, 0.1) is 12.4 Å². The molecule has 0 bridgehead atoms. The molecule has 0 saturated heterocycles. The van der Waals surface area contributed by atoms with E-state index in [-0.39, 0.29) is 6.10 Å². The van der Waals surface area contributed by atoms with Crippen molar-refractivity contribution < 1.29 is 18.9 Å². The summed E-state index contributed by atoms with van der Waals surface area (Å²) in [5.74, 6) is -0.970. The van der Waals surface area contributed by atoms with Gasteiger partial charge >= 0.3 is 0 Å². The van der Waals surface area contributed by atoms with Gasteiger partial charge in [0.15, 0.2) is 0 Å². The Bertz CT molecular complexity index is 256. The van der Waals surface area contributed by atoms with Crippen LogP contribution in [0.3, 0.4) is 0 Å². The van der Waals surface area contributed by atoms with Crippen molar-refractivity contribution in [3.8, 4) is 0 Å². The maximum Gasteiger partial charge on any atom is 0.282 e. The molecule has 0 aromatic carbocycles. The summed E-state index contributed by atoms with van der Waals surface area (Å²) in [4.78, 5) is 0. The summed E-state index contributed by atoms with van der Waals surface area (Å²) in [6.07, 6.45) is 14.7. The summed E-state index contributed by atoms with van der Waals surface area (Å²) in [6.45, 7) is 5.93. The van der Waals surface area contributed by atoms with Gasteiger partial charge in [-0.25, -0.2) is 0 Å². The van der Waals surface area contributed by atoms with Gasteiger partial charge in [0.1, 0.15) is 0 Å². The Balaban J connectivity index is 3.91. The van der Waals surface area contributed by atoms with E-state index >= 15 is 0 Å². The molecule has 0 N–H and O–H groups in total. The fourth-order valence-corrected chi connectivity index (χ4v) is 2.82. The van der Waals surface area contributed by atoms with Gasteiger partial charge in [-0.3, -0.25) is 0 Å². The normalized spacial score (nSPS) is 13.0. The number of rotatable bonds is 17. The zero-order valence-corrected chi connectivity index (χ0v) is 15.8. The quantitative estimate of drug-likeness (QED) is 0.203. The number of methoxy groups -OCH3 is 3. The largest absolute Gasteiger partial charge is 0.499 e. The fourth-order valence-electron chi connectivity index (χ4n) is 2.82. The molecular weight excluding hydrogens is 292 g/mol. The Morgan fingerprint density at radius 3 is 1.83 bits per heavy atom. The van der Waals surface area contributed by atoms with Crippen molar-refractivity contribution in [3.05, 3.63) is 12.8 Å². The molecule has 138 valence electrons. The molecule has 0 rings (SSSR count). The molecule has 0 aliphatic carbocycles. The Kier molecular flexibility index (Phi) is 14.6. The fraction of sp³-hybridized carbons (Fsp3) is 0.895. The molecule has 0 aromatic rings. The van der Waals surface area contributed by atoms with Crippen LogP contribution in [-0.4, -0.2) is 33.4 Å². The van der Waals surface area contributed by atoms with Crippen LogP contribution in [0.2, 0.25) is 0 Å². The molecule has 1 unspecified atom stereocenters. The number of hydrogen-bond acceptors (Lipinski definition) is 4. The summed E-state index contributed by atoms with van der Waals surface area (Å²) in [6, 6.07) is 0. The van der Waals surface area contributed by atoms with E-state index in [2.05, 4.69) is 13.5 Å². The summed E-state index contributed by atoms with van der Waals surface area (Å²) in [5.41, 5.74) is 0. The minimum atomic E-state index is -0.970. The maximum atomic E-state index is 5.63. The van der Waals surface area contributed by atoms with Gasteiger partial charge in [0.25, 0.3) is 5.97 Å². The predicted octanol–water partition coefficient (Wildman–Crippen LogP) is 5.42. The Labute approximate surface area is 143 Å². The van der Waals surface area contributed by atoms with E-state index in [9.17, 15) is 0 Å². The van der Waals surface area contributed by atoms with Crippen LogP contribution in [0, 0.1) is 0 Å². The first-order valence-electron chi connectivity index (χ1n) is 9.09. The van der Waals surface area contributed by atoms with Crippen molar-refractivity contribution in [1.82, 2.24) is 0 Å². The van der Waals surface area contributed by atoms with Crippen molar-refractivity contribution in [2.24, 2.45) is 0 Å². The van der Waals surface area contributed by atoms with Crippen LogP contribution in [0.15, 0.2) is 12.8 Å². The van der Waals surface area contributed by atoms with Gasteiger partial charge in [0, 0.05) is 27.8 Å². The maximum absolute atomic E-state index is 5.63. The molecule has 0 amide bonds. The van der Waals surface area contributed by atoms with E-state index in [0.29, 0.717) is 6.42 Å². The molecule has 0 fully saturated rings. The average Bonchev–Trinajstić information content (AvgIpc) is 2.58. The van der Waals surface area contributed by atoms with Crippen molar-refractivity contribution in [2.75, 3.05) is 21.3 Å². The van der Waals surface area contributed by atoms with Gasteiger partial charge in [-0.1, -0.05) is 58.4 Å². The van der Waals surface area contributed by atoms with Gasteiger partial charge in [-0.2, -0.15) is 0 Å². The number of unbranched alkanes of at least 4 members (excludes halogenated alkanes) is 7. The van der Waals surface area contributed by atoms with Crippen molar-refractivity contribution >= 4 is 0 Å². The average molecular weight is 331 g/mol. The first kappa shape index (κ1) is 22.4. The van der Waals surface area contributed by atoms with Gasteiger partial charge in [-0.15, -0.1) is 0 Å². The lowest BCUT2D eigenvalue weighted by Gasteiger charge is -2.30. The van der Waals surface area contributed by atoms with Crippen LogP contribution in [-0.2, 0) is 18.9 Å². The Hall–Kier alpha value is -0.580. The van der Waals surface area contributed by atoms with E-state index in [1.165, 1.54) is 57.6 Å². The molecule has 0 radical (unpaired) electrons. The van der Waals surface area contributed by atoms with E-state index in [4.69, 9.17) is 18.9 Å². The van der Waals surface area contributed by atoms with Crippen molar-refractivity contribution in [1.29, 1.82) is 0 Å². The highest BCUT2D eigenvalue weighted by atomic mass is 16.9. The monoisotopic (exact) mass is 330 g/mol. The molecular formula is C19H38O4. The predicted molar refractivity (Wildman–Crippen MR) is 95.3 cm³/mol. The molecule has 4 heteroatoms. The highest BCUT2D eigenvalue weighted by molar-refractivity contribution is 4.67. The first-order valence-corrected chi connectivity index (χ1v) is 9.09. The highest BCUT2D eigenvalue weighted by Crippen LogP contribution is 2.23. The Morgan fingerprint density at radius 2 is 1.35 bits per heavy atom. The van der Waals surface area contributed by atoms with Gasteiger partial charge in [-0.05, 0) is 19.3 Å². The number of hydrogen-bond donors (Lipinski definition) is 0. The van der Waals surface area contributed by atoms with Crippen molar-refractivity contribution in [2.45, 2.75) is 89.6 Å². The lowest BCUT2D eigenvalue weighted by atomic mass is 10.0. The van der Waals surface area contributed by atoms with Gasteiger partial charge in [0.2, 0.25) is 0 Å². The van der Waals surface area contributed by atoms with E-state index in [0.717, 1.165) is 12.8 Å². The molecule has 4 nitrogen and oxygen atoms in total. The topological polar surface area (TPSA) is 36.9 Å². The van der Waals surface area contributed by atoms with E-state index in [1.54, 1.807) is 21.3 Å². The molecule has 0 saturated carbocycles. The zero-order valence-electron chi connectivity index (χ0n) is 15.8.